The Bertz CT molecular complexity index is 447. The molecule has 1 aromatic heterocycles. The lowest BCUT2D eigenvalue weighted by Gasteiger charge is -1.99. The number of hydrogen-bond donors (Lipinski definition) is 2. The summed E-state index contributed by atoms with van der Waals surface area (Å²) in [4.78, 5) is 4.27. The zero-order chi connectivity index (χ0) is 9.42. The van der Waals surface area contributed by atoms with Crippen molar-refractivity contribution in [2.75, 3.05) is 11.5 Å². The van der Waals surface area contributed by atoms with Crippen molar-refractivity contribution in [1.82, 2.24) is 4.98 Å². The molecule has 0 amide bonds. The highest BCUT2D eigenvalue weighted by Gasteiger charge is 2.06. The van der Waals surface area contributed by atoms with Gasteiger partial charge in [-0.05, 0) is 24.1 Å². The minimum Gasteiger partial charge on any atom is -0.399 e. The summed E-state index contributed by atoms with van der Waals surface area (Å²) >= 11 is 1.48. The van der Waals surface area contributed by atoms with Gasteiger partial charge in [0, 0.05) is 5.69 Å². The molecular formula is C9H11N3S. The first-order valence-electron chi connectivity index (χ1n) is 4.15. The predicted molar refractivity (Wildman–Crippen MR) is 57.8 cm³/mol. The second-order valence-electron chi connectivity index (χ2n) is 2.93. The second kappa shape index (κ2) is 2.88. The molecule has 4 N–H and O–H groups in total. The van der Waals surface area contributed by atoms with E-state index in [2.05, 4.69) is 11.9 Å². The number of nitrogens with two attached hydrogens (primary N) is 2. The highest BCUT2D eigenvalue weighted by atomic mass is 32.1. The molecule has 0 aliphatic heterocycles. The smallest absolute Gasteiger partial charge is 0.181 e. The normalized spacial score (nSPS) is 10.8. The number of aryl methyl sites for hydroxylation is 1. The predicted octanol–water partition coefficient (Wildman–Crippen LogP) is 2.02. The molecule has 2 rings (SSSR count). The van der Waals surface area contributed by atoms with Gasteiger partial charge in [0.1, 0.15) is 0 Å². The highest BCUT2D eigenvalue weighted by molar-refractivity contribution is 7.22. The zero-order valence-corrected chi connectivity index (χ0v) is 8.19. The molecule has 68 valence electrons. The van der Waals surface area contributed by atoms with Gasteiger partial charge in [-0.3, -0.25) is 0 Å². The van der Waals surface area contributed by atoms with E-state index in [0.29, 0.717) is 5.13 Å². The molecule has 0 saturated carbocycles. The lowest BCUT2D eigenvalue weighted by atomic mass is 10.1. The van der Waals surface area contributed by atoms with Crippen molar-refractivity contribution in [1.29, 1.82) is 0 Å². The molecule has 4 heteroatoms. The first-order valence-corrected chi connectivity index (χ1v) is 4.96. The Kier molecular flexibility index (Phi) is 1.84. The molecule has 3 nitrogen and oxygen atoms in total. The van der Waals surface area contributed by atoms with Gasteiger partial charge in [0.15, 0.2) is 5.13 Å². The Labute approximate surface area is 80.4 Å². The van der Waals surface area contributed by atoms with E-state index < -0.39 is 0 Å². The minimum absolute atomic E-state index is 0.607. The molecule has 0 atom stereocenters. The van der Waals surface area contributed by atoms with Gasteiger partial charge in [-0.25, -0.2) is 4.98 Å². The molecule has 0 bridgehead atoms. The standard InChI is InChI=1S/C9H11N3S/c1-2-5-3-6(10)4-7-8(5)12-9(11)13-7/h3-4H,2,10H2,1H3,(H2,11,12). The van der Waals surface area contributed by atoms with Crippen molar-refractivity contribution in [3.8, 4) is 0 Å². The number of thiazole rings is 1. The van der Waals surface area contributed by atoms with Crippen LogP contribution in [0.5, 0.6) is 0 Å². The number of anilines is 2. The number of rotatable bonds is 1. The Morgan fingerprint density at radius 1 is 1.38 bits per heavy atom. The quantitative estimate of drug-likeness (QED) is 0.681. The number of fused-ring (bicyclic) bond motifs is 1. The lowest BCUT2D eigenvalue weighted by molar-refractivity contribution is 1.15. The van der Waals surface area contributed by atoms with Crippen molar-refractivity contribution in [3.63, 3.8) is 0 Å². The third-order valence-corrected chi connectivity index (χ3v) is 2.83. The topological polar surface area (TPSA) is 64.9 Å². The van der Waals surface area contributed by atoms with Gasteiger partial charge in [-0.1, -0.05) is 18.3 Å². The van der Waals surface area contributed by atoms with Crippen molar-refractivity contribution < 1.29 is 0 Å². The number of benzene rings is 1. The summed E-state index contributed by atoms with van der Waals surface area (Å²) in [6.45, 7) is 2.09. The van der Waals surface area contributed by atoms with E-state index in [1.165, 1.54) is 16.9 Å². The van der Waals surface area contributed by atoms with Crippen LogP contribution in [0.4, 0.5) is 10.8 Å². The summed E-state index contributed by atoms with van der Waals surface area (Å²) in [5.41, 5.74) is 14.3. The summed E-state index contributed by atoms with van der Waals surface area (Å²) < 4.78 is 1.08. The second-order valence-corrected chi connectivity index (χ2v) is 3.99. The molecule has 13 heavy (non-hydrogen) atoms. The molecular weight excluding hydrogens is 182 g/mol. The lowest BCUT2D eigenvalue weighted by Crippen LogP contribution is -1.89. The average Bonchev–Trinajstić information content (AvgIpc) is 2.43. The largest absolute Gasteiger partial charge is 0.399 e. The first-order chi connectivity index (χ1) is 6.20. The van der Waals surface area contributed by atoms with Crippen LogP contribution in [0.15, 0.2) is 12.1 Å². The first kappa shape index (κ1) is 8.31. The summed E-state index contributed by atoms with van der Waals surface area (Å²) in [5.74, 6) is 0. The van der Waals surface area contributed by atoms with Crippen molar-refractivity contribution >= 4 is 32.4 Å². The van der Waals surface area contributed by atoms with Crippen LogP contribution in [0.25, 0.3) is 10.2 Å². The fourth-order valence-electron chi connectivity index (χ4n) is 1.41. The Morgan fingerprint density at radius 3 is 2.85 bits per heavy atom. The van der Waals surface area contributed by atoms with Crippen LogP contribution in [-0.2, 0) is 6.42 Å². The van der Waals surface area contributed by atoms with Crippen LogP contribution in [0.1, 0.15) is 12.5 Å². The third kappa shape index (κ3) is 1.33. The fourth-order valence-corrected chi connectivity index (χ4v) is 2.24. The van der Waals surface area contributed by atoms with Crippen LogP contribution < -0.4 is 11.5 Å². The molecule has 1 heterocycles. The molecule has 0 unspecified atom stereocenters. The molecule has 2 aromatic rings. The number of aromatic nitrogens is 1. The molecule has 0 saturated heterocycles. The summed E-state index contributed by atoms with van der Waals surface area (Å²) in [6.07, 6.45) is 0.935. The van der Waals surface area contributed by atoms with E-state index in [9.17, 15) is 0 Å². The molecule has 0 fully saturated rings. The highest BCUT2D eigenvalue weighted by Crippen LogP contribution is 2.28. The van der Waals surface area contributed by atoms with Gasteiger partial charge in [-0.15, -0.1) is 0 Å². The van der Waals surface area contributed by atoms with E-state index in [4.69, 9.17) is 11.5 Å². The SMILES string of the molecule is CCc1cc(N)cc2sc(N)nc12. The van der Waals surface area contributed by atoms with E-state index in [1.807, 2.05) is 12.1 Å². The van der Waals surface area contributed by atoms with Crippen LogP contribution in [-0.4, -0.2) is 4.98 Å². The van der Waals surface area contributed by atoms with Gasteiger partial charge in [0.05, 0.1) is 10.2 Å². The minimum atomic E-state index is 0.607. The molecule has 0 aliphatic rings. The van der Waals surface area contributed by atoms with Crippen molar-refractivity contribution in [3.05, 3.63) is 17.7 Å². The van der Waals surface area contributed by atoms with E-state index in [1.54, 1.807) is 0 Å². The summed E-state index contributed by atoms with van der Waals surface area (Å²) in [6, 6.07) is 3.88. The summed E-state index contributed by atoms with van der Waals surface area (Å²) in [5, 5.41) is 0.607. The Morgan fingerprint density at radius 2 is 2.15 bits per heavy atom. The van der Waals surface area contributed by atoms with Gasteiger partial charge in [0.2, 0.25) is 0 Å². The maximum Gasteiger partial charge on any atom is 0.181 e. The Balaban J connectivity index is 2.80. The maximum absolute atomic E-state index is 5.75. The van der Waals surface area contributed by atoms with Gasteiger partial charge in [0.25, 0.3) is 0 Å². The zero-order valence-electron chi connectivity index (χ0n) is 7.37. The van der Waals surface area contributed by atoms with E-state index in [-0.39, 0.29) is 0 Å². The number of nitrogen functional groups attached to an aromatic ring is 2. The van der Waals surface area contributed by atoms with Gasteiger partial charge < -0.3 is 11.5 Å². The monoisotopic (exact) mass is 193 g/mol. The van der Waals surface area contributed by atoms with Crippen LogP contribution in [0.2, 0.25) is 0 Å². The molecule has 0 radical (unpaired) electrons. The third-order valence-electron chi connectivity index (χ3n) is 1.99. The van der Waals surface area contributed by atoms with Crippen molar-refractivity contribution in [2.24, 2.45) is 0 Å². The van der Waals surface area contributed by atoms with Crippen molar-refractivity contribution in [2.45, 2.75) is 13.3 Å². The van der Waals surface area contributed by atoms with Crippen LogP contribution >= 0.6 is 11.3 Å². The maximum atomic E-state index is 5.75. The van der Waals surface area contributed by atoms with Crippen LogP contribution in [0.3, 0.4) is 0 Å². The summed E-state index contributed by atoms with van der Waals surface area (Å²) in [7, 11) is 0. The fraction of sp³-hybridized carbons (Fsp3) is 0.222. The van der Waals surface area contributed by atoms with Gasteiger partial charge in [-0.2, -0.15) is 0 Å². The average molecular weight is 193 g/mol. The number of hydrogen-bond acceptors (Lipinski definition) is 4. The van der Waals surface area contributed by atoms with Gasteiger partial charge >= 0.3 is 0 Å². The molecule has 0 spiro atoms. The van der Waals surface area contributed by atoms with E-state index >= 15 is 0 Å². The number of nitrogens with zero attached hydrogens (tertiary/aromatic N) is 1. The van der Waals surface area contributed by atoms with Crippen LogP contribution in [0, 0.1) is 0 Å². The Hall–Kier alpha value is -1.29. The van der Waals surface area contributed by atoms with E-state index in [0.717, 1.165) is 22.3 Å². The molecule has 1 aromatic carbocycles. The molecule has 0 aliphatic carbocycles.